The molecule has 2 aliphatic carbocycles. The molecular weight excluding hydrogens is 356 g/mol. The average Bonchev–Trinajstić information content (AvgIpc) is 3.39. The first-order valence-electron chi connectivity index (χ1n) is 10.8. The summed E-state index contributed by atoms with van der Waals surface area (Å²) in [5, 5.41) is 3.14. The first-order valence-corrected chi connectivity index (χ1v) is 10.8. The number of allylic oxidation sites excluding steroid dienone is 4. The van der Waals surface area contributed by atoms with Crippen LogP contribution < -0.4 is 10.2 Å². The van der Waals surface area contributed by atoms with Crippen molar-refractivity contribution in [2.45, 2.75) is 31.6 Å². The average molecular weight is 383 g/mol. The Labute approximate surface area is 172 Å². The quantitative estimate of drug-likeness (QED) is 0.705. The summed E-state index contributed by atoms with van der Waals surface area (Å²) in [6.45, 7) is 4.33. The molecule has 29 heavy (non-hydrogen) atoms. The van der Waals surface area contributed by atoms with Crippen LogP contribution in [0.5, 0.6) is 0 Å². The summed E-state index contributed by atoms with van der Waals surface area (Å²) < 4.78 is 0. The Morgan fingerprint density at radius 1 is 0.966 bits per heavy atom. The second kappa shape index (κ2) is 6.35. The number of carbonyl (C=O) groups is 1. The van der Waals surface area contributed by atoms with E-state index in [2.05, 4.69) is 46.7 Å². The lowest BCUT2D eigenvalue weighted by Gasteiger charge is -2.46. The van der Waals surface area contributed by atoms with E-state index < -0.39 is 0 Å². The molecule has 0 fully saturated rings. The normalized spacial score (nSPS) is 28.1. The molecule has 0 spiro atoms. The molecule has 6 rings (SSSR count). The highest BCUT2D eigenvalue weighted by Crippen LogP contribution is 2.53. The zero-order chi connectivity index (χ0) is 19.5. The second-order valence-electron chi connectivity index (χ2n) is 9.08. The first-order chi connectivity index (χ1) is 14.2. The zero-order valence-electron chi connectivity index (χ0n) is 16.8. The van der Waals surface area contributed by atoms with E-state index in [1.54, 1.807) is 0 Å². The third-order valence-corrected chi connectivity index (χ3v) is 7.35. The largest absolute Gasteiger partial charge is 0.370 e. The number of hydrogen-bond acceptors (Lipinski definition) is 2. The second-order valence-corrected chi connectivity index (χ2v) is 9.08. The molecule has 3 nitrogen and oxygen atoms in total. The molecule has 3 heteroatoms. The molecule has 2 heterocycles. The first kappa shape index (κ1) is 17.1. The Hall–Kier alpha value is -2.81. The van der Waals surface area contributed by atoms with E-state index in [1.165, 1.54) is 16.8 Å². The Morgan fingerprint density at radius 3 is 2.21 bits per heavy atom. The summed E-state index contributed by atoms with van der Waals surface area (Å²) in [5.74, 6) is 2.20. The number of fused-ring (bicyclic) bond motifs is 4. The van der Waals surface area contributed by atoms with Crippen molar-refractivity contribution >= 4 is 17.3 Å². The van der Waals surface area contributed by atoms with Crippen molar-refractivity contribution in [2.75, 3.05) is 23.3 Å². The highest BCUT2D eigenvalue weighted by atomic mass is 16.1. The molecule has 0 saturated heterocycles. The molecular formula is C26H26N2O. The van der Waals surface area contributed by atoms with Gasteiger partial charge in [-0.2, -0.15) is 0 Å². The van der Waals surface area contributed by atoms with Crippen LogP contribution in [-0.2, 0) is 0 Å². The van der Waals surface area contributed by atoms with Crippen LogP contribution in [0.4, 0.5) is 11.4 Å². The van der Waals surface area contributed by atoms with Crippen LogP contribution in [0.2, 0.25) is 0 Å². The van der Waals surface area contributed by atoms with Crippen LogP contribution in [0.1, 0.15) is 51.7 Å². The molecule has 0 aromatic heterocycles. The van der Waals surface area contributed by atoms with Gasteiger partial charge in [-0.15, -0.1) is 0 Å². The summed E-state index contributed by atoms with van der Waals surface area (Å²) in [7, 11) is 0. The van der Waals surface area contributed by atoms with Crippen molar-refractivity contribution < 1.29 is 4.79 Å². The smallest absolute Gasteiger partial charge is 0.255 e. The molecule has 0 unspecified atom stereocenters. The number of nitrogens with one attached hydrogen (secondary N) is 1. The SMILES string of the molecule is Cc1ccccc1NC(=O)c1cc2c3c(c1)[C@@H]1C=CC[C@H]1CN3C[C@H]1CC=C[C@@H]21. The number of para-hydroxylation sites is 1. The van der Waals surface area contributed by atoms with Crippen LogP contribution in [0.25, 0.3) is 0 Å². The van der Waals surface area contributed by atoms with E-state index in [-0.39, 0.29) is 5.91 Å². The van der Waals surface area contributed by atoms with Crippen molar-refractivity contribution in [3.63, 3.8) is 0 Å². The predicted octanol–water partition coefficient (Wildman–Crippen LogP) is 5.40. The molecule has 146 valence electrons. The van der Waals surface area contributed by atoms with E-state index in [4.69, 9.17) is 0 Å². The maximum atomic E-state index is 13.2. The van der Waals surface area contributed by atoms with Crippen molar-refractivity contribution in [2.24, 2.45) is 11.8 Å². The van der Waals surface area contributed by atoms with Gasteiger partial charge in [0.05, 0.1) is 0 Å². The van der Waals surface area contributed by atoms with Crippen LogP contribution in [0.3, 0.4) is 0 Å². The fourth-order valence-electron chi connectivity index (χ4n) is 5.91. The van der Waals surface area contributed by atoms with Crippen LogP contribution in [0.15, 0.2) is 60.7 Å². The number of hydrogen-bond donors (Lipinski definition) is 1. The Bertz CT molecular complexity index is 1020. The number of benzene rings is 2. The van der Waals surface area contributed by atoms with Crippen molar-refractivity contribution in [3.8, 4) is 0 Å². The van der Waals surface area contributed by atoms with Crippen molar-refractivity contribution in [3.05, 3.63) is 83.0 Å². The fraction of sp³-hybridized carbons (Fsp3) is 0.346. The van der Waals surface area contributed by atoms with Gasteiger partial charge in [0.1, 0.15) is 0 Å². The van der Waals surface area contributed by atoms with Gasteiger partial charge in [-0.3, -0.25) is 4.79 Å². The number of nitrogens with zero attached hydrogens (tertiary/aromatic N) is 1. The molecule has 1 N–H and O–H groups in total. The van der Waals surface area contributed by atoms with Gasteiger partial charge in [0.25, 0.3) is 5.91 Å². The maximum Gasteiger partial charge on any atom is 0.255 e. The van der Waals surface area contributed by atoms with Crippen molar-refractivity contribution in [1.82, 2.24) is 0 Å². The Morgan fingerprint density at radius 2 is 1.59 bits per heavy atom. The lowest BCUT2D eigenvalue weighted by atomic mass is 9.74. The van der Waals surface area contributed by atoms with Crippen molar-refractivity contribution in [1.29, 1.82) is 0 Å². The van der Waals surface area contributed by atoms with Gasteiger partial charge < -0.3 is 10.2 Å². The number of amides is 1. The highest BCUT2D eigenvalue weighted by Gasteiger charge is 2.42. The van der Waals surface area contributed by atoms with Gasteiger partial charge in [-0.05, 0) is 66.5 Å². The molecule has 0 radical (unpaired) electrons. The summed E-state index contributed by atoms with van der Waals surface area (Å²) in [5.41, 5.74) is 6.91. The summed E-state index contributed by atoms with van der Waals surface area (Å²) >= 11 is 0. The molecule has 4 aliphatic rings. The third kappa shape index (κ3) is 2.60. The fourth-order valence-corrected chi connectivity index (χ4v) is 5.91. The number of rotatable bonds is 2. The molecule has 2 aromatic carbocycles. The van der Waals surface area contributed by atoms with Crippen LogP contribution in [0, 0.1) is 18.8 Å². The molecule has 0 bridgehead atoms. The van der Waals surface area contributed by atoms with E-state index >= 15 is 0 Å². The van der Waals surface area contributed by atoms with E-state index in [1.807, 2.05) is 31.2 Å². The molecule has 2 aliphatic heterocycles. The van der Waals surface area contributed by atoms with Crippen LogP contribution >= 0.6 is 0 Å². The van der Waals surface area contributed by atoms with E-state index in [0.29, 0.717) is 23.7 Å². The van der Waals surface area contributed by atoms with Crippen LogP contribution in [-0.4, -0.2) is 19.0 Å². The molecule has 0 saturated carbocycles. The number of aryl methyl sites for hydroxylation is 1. The van der Waals surface area contributed by atoms with E-state index in [0.717, 1.165) is 42.7 Å². The topological polar surface area (TPSA) is 32.3 Å². The van der Waals surface area contributed by atoms with E-state index in [9.17, 15) is 4.79 Å². The lowest BCUT2D eigenvalue weighted by Crippen LogP contribution is -2.43. The minimum atomic E-state index is -0.00176. The van der Waals surface area contributed by atoms with Gasteiger partial charge in [0, 0.05) is 41.9 Å². The predicted molar refractivity (Wildman–Crippen MR) is 118 cm³/mol. The minimum absolute atomic E-state index is 0.00176. The Balaban J connectivity index is 1.46. The van der Waals surface area contributed by atoms with Gasteiger partial charge in [0.15, 0.2) is 0 Å². The summed E-state index contributed by atoms with van der Waals surface area (Å²) in [4.78, 5) is 15.9. The van der Waals surface area contributed by atoms with Gasteiger partial charge in [-0.1, -0.05) is 42.5 Å². The number of anilines is 2. The minimum Gasteiger partial charge on any atom is -0.370 e. The lowest BCUT2D eigenvalue weighted by molar-refractivity contribution is 0.102. The standard InChI is InChI=1S/C26H26N2O/c1-16-6-2-3-11-24(16)27-26(29)19-12-22-20-9-4-7-17(20)14-28-15-18-8-5-10-21(18)23(13-19)25(22)28/h2-6,9-13,17-18,20-21H,7-8,14-15H2,1H3,(H,27,29)/t17-,18+,20-,21-/m1/s1. The maximum absolute atomic E-state index is 13.2. The summed E-state index contributed by atoms with van der Waals surface area (Å²) in [6.07, 6.45) is 11.7. The zero-order valence-corrected chi connectivity index (χ0v) is 16.8. The monoisotopic (exact) mass is 382 g/mol. The van der Waals surface area contributed by atoms with Gasteiger partial charge in [0.2, 0.25) is 0 Å². The highest BCUT2D eigenvalue weighted by molar-refractivity contribution is 6.05. The molecule has 1 amide bonds. The summed E-state index contributed by atoms with van der Waals surface area (Å²) in [6, 6.07) is 12.3. The Kier molecular flexibility index (Phi) is 3.74. The molecule has 2 aromatic rings. The molecule has 4 atom stereocenters. The van der Waals surface area contributed by atoms with Gasteiger partial charge in [-0.25, -0.2) is 0 Å². The van der Waals surface area contributed by atoms with Gasteiger partial charge >= 0.3 is 0 Å². The number of carbonyl (C=O) groups excluding carboxylic acids is 1. The third-order valence-electron chi connectivity index (χ3n) is 7.35.